The predicted molar refractivity (Wildman–Crippen MR) is 158 cm³/mol. The number of urea groups is 1. The van der Waals surface area contributed by atoms with Gasteiger partial charge in [-0.15, -0.1) is 0 Å². The topological polar surface area (TPSA) is 150 Å². The molecule has 2 aromatic heterocycles. The van der Waals surface area contributed by atoms with Gasteiger partial charge in [-0.1, -0.05) is 0 Å². The molecule has 5 rings (SSSR count). The molecule has 0 spiro atoms. The molecule has 4 aromatic rings. The molecule has 4 N–H and O–H groups in total. The van der Waals surface area contributed by atoms with Gasteiger partial charge in [-0.05, 0) is 12.1 Å². The Hall–Kier alpha value is -4.15. The number of methoxy groups -OCH3 is 1. The van der Waals surface area contributed by atoms with E-state index in [-0.39, 0.29) is 5.91 Å². The van der Waals surface area contributed by atoms with Crippen molar-refractivity contribution in [2.75, 3.05) is 48.8 Å². The molecular weight excluding hydrogens is 689 g/mol. The maximum absolute atomic E-state index is 12.6. The molecule has 1 atom stereocenters. The van der Waals surface area contributed by atoms with Gasteiger partial charge in [0, 0.05) is 44.9 Å². The van der Waals surface area contributed by atoms with Crippen molar-refractivity contribution in [2.45, 2.75) is 11.0 Å². The molecule has 3 amide bonds. The van der Waals surface area contributed by atoms with Crippen LogP contribution in [0.3, 0.4) is 0 Å². The molecule has 13 nitrogen and oxygen atoms in total. The second-order valence-corrected chi connectivity index (χ2v) is 11.8. The van der Waals surface area contributed by atoms with E-state index in [1.54, 1.807) is 56.8 Å². The number of alkyl halides is 1. The molecule has 1 saturated heterocycles. The van der Waals surface area contributed by atoms with Crippen LogP contribution in [0.4, 0.5) is 27.8 Å². The Bertz CT molecular complexity index is 1600. The molecule has 1 aliphatic rings. The van der Waals surface area contributed by atoms with Gasteiger partial charge in [-0.25, -0.2) is 0 Å². The summed E-state index contributed by atoms with van der Waals surface area (Å²) in [7, 11) is 1.60. The molecule has 3 heterocycles. The number of carbonyl (C=O) groups excluding carboxylic acids is 2. The molecule has 2 aromatic carbocycles. The van der Waals surface area contributed by atoms with E-state index in [0.717, 1.165) is 24.3 Å². The van der Waals surface area contributed by atoms with Crippen molar-refractivity contribution >= 4 is 46.5 Å². The number of ether oxygens (including phenoxy) is 1. The maximum atomic E-state index is 12.6. The number of anilines is 4. The van der Waals surface area contributed by atoms with Crippen LogP contribution >= 0.6 is 11.6 Å². The summed E-state index contributed by atoms with van der Waals surface area (Å²) in [5.74, 6) is 1.52. The SMILES string of the molecule is COc1cc(N2CCN(C(C)=O)CC2)ccc1Nc1nccc(-n2cc(NC(=O)N[C@H]([I-]O)c3cccc(Cl)c3)cn2)n1. The van der Waals surface area contributed by atoms with Crippen molar-refractivity contribution in [3.63, 3.8) is 0 Å². The van der Waals surface area contributed by atoms with E-state index < -0.39 is 31.7 Å². The van der Waals surface area contributed by atoms with Crippen molar-refractivity contribution in [3.8, 4) is 11.6 Å². The summed E-state index contributed by atoms with van der Waals surface area (Å²) >= 11 is 4.72. The number of nitrogens with zero attached hydrogens (tertiary/aromatic N) is 6. The molecule has 0 saturated carbocycles. The average molecular weight is 719 g/mol. The van der Waals surface area contributed by atoms with Crippen LogP contribution in [0.2, 0.25) is 5.02 Å². The summed E-state index contributed by atoms with van der Waals surface area (Å²) in [5, 5.41) is 13.5. The Labute approximate surface area is 264 Å². The van der Waals surface area contributed by atoms with Gasteiger partial charge in [0.05, 0.1) is 7.11 Å². The number of hydrogen-bond acceptors (Lipinski definition) is 9. The van der Waals surface area contributed by atoms with Gasteiger partial charge in [0.15, 0.2) is 0 Å². The fourth-order valence-corrected chi connectivity index (χ4v) is 5.87. The molecule has 1 fully saturated rings. The van der Waals surface area contributed by atoms with Crippen molar-refractivity contribution in [3.05, 3.63) is 77.7 Å². The summed E-state index contributed by atoms with van der Waals surface area (Å²) in [6.45, 7) is 4.45. The van der Waals surface area contributed by atoms with Gasteiger partial charge < -0.3 is 14.5 Å². The molecular formula is C28H30ClIN9O4-. The number of amides is 3. The first-order chi connectivity index (χ1) is 20.8. The van der Waals surface area contributed by atoms with E-state index in [0.29, 0.717) is 47.0 Å². The minimum absolute atomic E-state index is 0.0919. The van der Waals surface area contributed by atoms with Gasteiger partial charge in [-0.3, -0.25) is 4.79 Å². The van der Waals surface area contributed by atoms with Crippen molar-refractivity contribution in [1.29, 1.82) is 0 Å². The van der Waals surface area contributed by atoms with Crippen LogP contribution in [-0.2, 0) is 4.79 Å². The zero-order valence-electron chi connectivity index (χ0n) is 23.4. The predicted octanol–water partition coefficient (Wildman–Crippen LogP) is 0.553. The molecule has 0 radical (unpaired) electrons. The number of benzene rings is 2. The van der Waals surface area contributed by atoms with Crippen LogP contribution in [-0.4, -0.2) is 73.3 Å². The standard InChI is InChI=1S/C28H30ClIN9O4/c1-18(40)37-10-12-38(13-11-37)22-6-7-23(24(15-22)43-2)34-27-31-9-8-25(35-27)39-17-21(16-32-39)33-28(41)36-26(30-42)19-4-3-5-20(29)14-19/h3-9,14-17,26,42H,10-13H2,1-2H3,(H,31,34,35)(H2,33,36,41)/q-1/t26-/m0/s1. The summed E-state index contributed by atoms with van der Waals surface area (Å²) in [6.07, 6.45) is 4.71. The normalized spacial score (nSPS) is 13.9. The first-order valence-electron chi connectivity index (χ1n) is 13.3. The van der Waals surface area contributed by atoms with Crippen molar-refractivity contribution < 1.29 is 39.4 Å². The Kier molecular flexibility index (Phi) is 9.79. The minimum atomic E-state index is -1.33. The molecule has 15 heteroatoms. The average Bonchev–Trinajstić information content (AvgIpc) is 3.48. The third kappa shape index (κ3) is 7.63. The fourth-order valence-electron chi connectivity index (χ4n) is 4.54. The third-order valence-corrected chi connectivity index (χ3v) is 8.56. The van der Waals surface area contributed by atoms with Crippen LogP contribution in [0.5, 0.6) is 5.75 Å². The first kappa shape index (κ1) is 30.3. The van der Waals surface area contributed by atoms with E-state index in [2.05, 4.69) is 35.9 Å². The number of aromatic nitrogens is 4. The van der Waals surface area contributed by atoms with Gasteiger partial charge in [0.25, 0.3) is 0 Å². The van der Waals surface area contributed by atoms with Crippen LogP contribution in [0.1, 0.15) is 16.5 Å². The number of halogens is 2. The quantitative estimate of drug-likeness (QED) is 0.111. The Balaban J connectivity index is 1.23. The monoisotopic (exact) mass is 718 g/mol. The third-order valence-electron chi connectivity index (χ3n) is 6.73. The number of nitrogens with one attached hydrogen (secondary N) is 3. The molecule has 0 unspecified atom stereocenters. The van der Waals surface area contributed by atoms with E-state index in [1.165, 1.54) is 10.9 Å². The molecule has 1 aliphatic heterocycles. The zero-order chi connectivity index (χ0) is 30.3. The number of hydrogen-bond donors (Lipinski definition) is 4. The van der Waals surface area contributed by atoms with Crippen LogP contribution in [0.25, 0.3) is 5.82 Å². The van der Waals surface area contributed by atoms with Crippen LogP contribution < -0.4 is 47.2 Å². The van der Waals surface area contributed by atoms with Gasteiger partial charge in [0.2, 0.25) is 5.91 Å². The number of rotatable bonds is 9. The fraction of sp³-hybridized carbons (Fsp3) is 0.250. The van der Waals surface area contributed by atoms with Crippen LogP contribution in [0.15, 0.2) is 67.1 Å². The molecule has 43 heavy (non-hydrogen) atoms. The van der Waals surface area contributed by atoms with Crippen LogP contribution in [0, 0.1) is 0 Å². The summed E-state index contributed by atoms with van der Waals surface area (Å²) in [5.41, 5.74) is 2.85. The summed E-state index contributed by atoms with van der Waals surface area (Å²) < 4.78 is 16.5. The van der Waals surface area contributed by atoms with Crippen molar-refractivity contribution in [1.82, 2.24) is 30.0 Å². The van der Waals surface area contributed by atoms with E-state index >= 15 is 0 Å². The Morgan fingerprint density at radius 2 is 1.93 bits per heavy atom. The second-order valence-electron chi connectivity index (χ2n) is 9.53. The molecule has 0 aliphatic carbocycles. The zero-order valence-corrected chi connectivity index (χ0v) is 26.3. The second kappa shape index (κ2) is 13.9. The van der Waals surface area contributed by atoms with Gasteiger partial charge >= 0.3 is 170 Å². The molecule has 0 bridgehead atoms. The van der Waals surface area contributed by atoms with E-state index in [9.17, 15) is 13.0 Å². The first-order valence-corrected chi connectivity index (χ1v) is 15.9. The van der Waals surface area contributed by atoms with Crippen molar-refractivity contribution in [2.24, 2.45) is 0 Å². The number of carbonyl (C=O) groups is 2. The Morgan fingerprint density at radius 3 is 2.65 bits per heavy atom. The van der Waals surface area contributed by atoms with E-state index in [4.69, 9.17) is 16.3 Å². The number of piperazine rings is 1. The Morgan fingerprint density at radius 1 is 1.12 bits per heavy atom. The summed E-state index contributed by atoms with van der Waals surface area (Å²) in [6, 6.07) is 14.1. The summed E-state index contributed by atoms with van der Waals surface area (Å²) in [4.78, 5) is 37.2. The van der Waals surface area contributed by atoms with E-state index in [1.807, 2.05) is 23.1 Å². The molecule has 226 valence electrons. The van der Waals surface area contributed by atoms with Gasteiger partial charge in [0.1, 0.15) is 5.75 Å². The van der Waals surface area contributed by atoms with Gasteiger partial charge in [-0.2, -0.15) is 0 Å².